The van der Waals surface area contributed by atoms with Gasteiger partial charge in [-0.2, -0.15) is 0 Å². The Bertz CT molecular complexity index is 814. The summed E-state index contributed by atoms with van der Waals surface area (Å²) >= 11 is 0. The third-order valence-electron chi connectivity index (χ3n) is 5.50. The molecule has 3 rings (SSSR count). The summed E-state index contributed by atoms with van der Waals surface area (Å²) in [5.41, 5.74) is 2.30. The van der Waals surface area contributed by atoms with E-state index in [0.29, 0.717) is 44.5 Å². The topological polar surface area (TPSA) is 107 Å². The average Bonchev–Trinajstić information content (AvgIpc) is 2.98. The normalized spacial score (nSPS) is 18.0. The van der Waals surface area contributed by atoms with Crippen LogP contribution >= 0.6 is 0 Å². The SMILES string of the molecule is CCC(C(=O)NC(C)=O)N1Cc2ccc(N3CCC(C(=O)O)CC3)cc2C1=O. The number of carbonyl (C=O) groups is 4. The lowest BCUT2D eigenvalue weighted by molar-refractivity contribution is -0.142. The minimum atomic E-state index is -0.756. The summed E-state index contributed by atoms with van der Waals surface area (Å²) in [6.45, 7) is 4.67. The van der Waals surface area contributed by atoms with Crippen molar-refractivity contribution in [3.8, 4) is 0 Å². The Hall–Kier alpha value is -2.90. The van der Waals surface area contributed by atoms with Crippen LogP contribution in [0.1, 0.15) is 49.0 Å². The van der Waals surface area contributed by atoms with Gasteiger partial charge >= 0.3 is 5.97 Å². The summed E-state index contributed by atoms with van der Waals surface area (Å²) in [5.74, 6) is -2.20. The highest BCUT2D eigenvalue weighted by molar-refractivity contribution is 6.04. The first-order valence-corrected chi connectivity index (χ1v) is 9.54. The highest BCUT2D eigenvalue weighted by Gasteiger charge is 2.36. The monoisotopic (exact) mass is 387 g/mol. The molecule has 1 saturated heterocycles. The summed E-state index contributed by atoms with van der Waals surface area (Å²) in [7, 11) is 0. The molecule has 2 N–H and O–H groups in total. The summed E-state index contributed by atoms with van der Waals surface area (Å²) in [4.78, 5) is 51.1. The number of anilines is 1. The van der Waals surface area contributed by atoms with Crippen molar-refractivity contribution < 1.29 is 24.3 Å². The van der Waals surface area contributed by atoms with Crippen LogP contribution in [0.2, 0.25) is 0 Å². The number of nitrogens with zero attached hydrogens (tertiary/aromatic N) is 2. The fraction of sp³-hybridized carbons (Fsp3) is 0.500. The number of imide groups is 1. The molecule has 2 aliphatic rings. The Labute approximate surface area is 163 Å². The third-order valence-corrected chi connectivity index (χ3v) is 5.50. The fourth-order valence-corrected chi connectivity index (χ4v) is 3.95. The van der Waals surface area contributed by atoms with Gasteiger partial charge in [0.15, 0.2) is 0 Å². The highest BCUT2D eigenvalue weighted by atomic mass is 16.4. The first-order valence-electron chi connectivity index (χ1n) is 9.54. The summed E-state index contributed by atoms with van der Waals surface area (Å²) in [6, 6.07) is 4.96. The number of amides is 3. The number of rotatable bonds is 5. The van der Waals surface area contributed by atoms with E-state index in [0.717, 1.165) is 11.3 Å². The van der Waals surface area contributed by atoms with E-state index in [1.807, 2.05) is 18.2 Å². The number of hydrogen-bond acceptors (Lipinski definition) is 5. The van der Waals surface area contributed by atoms with E-state index in [-0.39, 0.29) is 11.8 Å². The van der Waals surface area contributed by atoms with Gasteiger partial charge in [-0.05, 0) is 37.0 Å². The van der Waals surface area contributed by atoms with Gasteiger partial charge in [-0.15, -0.1) is 0 Å². The minimum absolute atomic E-state index is 0.220. The van der Waals surface area contributed by atoms with E-state index >= 15 is 0 Å². The minimum Gasteiger partial charge on any atom is -0.481 e. The number of carboxylic acids is 1. The molecule has 1 fully saturated rings. The number of piperidine rings is 1. The summed E-state index contributed by atoms with van der Waals surface area (Å²) < 4.78 is 0. The molecule has 3 amide bonds. The Morgan fingerprint density at radius 1 is 1.25 bits per heavy atom. The first-order chi connectivity index (χ1) is 13.3. The van der Waals surface area contributed by atoms with Crippen molar-refractivity contribution in [2.24, 2.45) is 5.92 Å². The molecule has 0 saturated carbocycles. The van der Waals surface area contributed by atoms with Crippen molar-refractivity contribution in [3.05, 3.63) is 29.3 Å². The van der Waals surface area contributed by atoms with Crippen molar-refractivity contribution in [1.82, 2.24) is 10.2 Å². The second kappa shape index (κ2) is 8.00. The molecule has 1 atom stereocenters. The zero-order valence-corrected chi connectivity index (χ0v) is 16.1. The molecule has 1 unspecified atom stereocenters. The molecule has 2 aliphatic heterocycles. The van der Waals surface area contributed by atoms with Crippen LogP contribution in [0.5, 0.6) is 0 Å². The van der Waals surface area contributed by atoms with E-state index in [4.69, 9.17) is 5.11 Å². The van der Waals surface area contributed by atoms with Gasteiger partial charge in [0.25, 0.3) is 5.91 Å². The van der Waals surface area contributed by atoms with Crippen molar-refractivity contribution >= 4 is 29.4 Å². The number of carbonyl (C=O) groups excluding carboxylic acids is 3. The van der Waals surface area contributed by atoms with Crippen LogP contribution in [0.25, 0.3) is 0 Å². The standard InChI is InChI=1S/C20H25N3O5/c1-3-17(18(25)21-12(2)24)23-11-14-4-5-15(10-16(14)19(23)26)22-8-6-13(7-9-22)20(27)28/h4-5,10,13,17H,3,6-9,11H2,1-2H3,(H,27,28)(H,21,24,25). The molecule has 8 nitrogen and oxygen atoms in total. The van der Waals surface area contributed by atoms with E-state index in [1.165, 1.54) is 11.8 Å². The Morgan fingerprint density at radius 2 is 1.93 bits per heavy atom. The first kappa shape index (κ1) is 19.9. The maximum atomic E-state index is 12.9. The zero-order chi connectivity index (χ0) is 20.4. The Kier molecular flexibility index (Phi) is 5.67. The van der Waals surface area contributed by atoms with Crippen LogP contribution < -0.4 is 10.2 Å². The second-order valence-corrected chi connectivity index (χ2v) is 7.34. The quantitative estimate of drug-likeness (QED) is 0.791. The molecule has 0 aromatic heterocycles. The molecular weight excluding hydrogens is 362 g/mol. The van der Waals surface area contributed by atoms with Crippen LogP contribution in [0, 0.1) is 5.92 Å². The number of nitrogens with one attached hydrogen (secondary N) is 1. The van der Waals surface area contributed by atoms with Crippen molar-refractivity contribution in [2.75, 3.05) is 18.0 Å². The number of benzene rings is 1. The number of carboxylic acid groups (broad SMARTS) is 1. The van der Waals surface area contributed by atoms with E-state index in [2.05, 4.69) is 10.2 Å². The summed E-state index contributed by atoms with van der Waals surface area (Å²) in [6.07, 6.45) is 1.57. The van der Waals surface area contributed by atoms with Gasteiger partial charge in [0.05, 0.1) is 5.92 Å². The molecule has 2 heterocycles. The van der Waals surface area contributed by atoms with Gasteiger partial charge < -0.3 is 14.9 Å². The summed E-state index contributed by atoms with van der Waals surface area (Å²) in [5, 5.41) is 11.4. The Morgan fingerprint density at radius 3 is 2.50 bits per heavy atom. The Balaban J connectivity index is 1.75. The second-order valence-electron chi connectivity index (χ2n) is 7.34. The van der Waals surface area contributed by atoms with Gasteiger partial charge in [-0.3, -0.25) is 24.5 Å². The number of fused-ring (bicyclic) bond motifs is 1. The van der Waals surface area contributed by atoms with E-state index < -0.39 is 23.8 Å². The molecule has 0 spiro atoms. The zero-order valence-electron chi connectivity index (χ0n) is 16.1. The average molecular weight is 387 g/mol. The predicted octanol–water partition coefficient (Wildman–Crippen LogP) is 1.38. The highest BCUT2D eigenvalue weighted by Crippen LogP contribution is 2.31. The fourth-order valence-electron chi connectivity index (χ4n) is 3.95. The van der Waals surface area contributed by atoms with Crippen LogP contribution in [0.15, 0.2) is 18.2 Å². The molecule has 0 aliphatic carbocycles. The third kappa shape index (κ3) is 3.85. The van der Waals surface area contributed by atoms with Gasteiger partial charge in [0.2, 0.25) is 11.8 Å². The van der Waals surface area contributed by atoms with Crippen LogP contribution in [0.3, 0.4) is 0 Å². The molecule has 8 heteroatoms. The largest absolute Gasteiger partial charge is 0.481 e. The van der Waals surface area contributed by atoms with Crippen LogP contribution in [0.4, 0.5) is 5.69 Å². The van der Waals surface area contributed by atoms with Crippen molar-refractivity contribution in [2.45, 2.75) is 45.7 Å². The van der Waals surface area contributed by atoms with Crippen molar-refractivity contribution in [1.29, 1.82) is 0 Å². The van der Waals surface area contributed by atoms with Gasteiger partial charge in [0, 0.05) is 37.8 Å². The lowest BCUT2D eigenvalue weighted by atomic mass is 9.96. The van der Waals surface area contributed by atoms with E-state index in [1.54, 1.807) is 6.92 Å². The molecule has 0 radical (unpaired) electrons. The molecule has 0 bridgehead atoms. The lowest BCUT2D eigenvalue weighted by Gasteiger charge is -2.32. The van der Waals surface area contributed by atoms with Crippen LogP contribution in [-0.2, 0) is 20.9 Å². The van der Waals surface area contributed by atoms with Gasteiger partial charge in [0.1, 0.15) is 6.04 Å². The molecule has 1 aromatic carbocycles. The number of hydrogen-bond donors (Lipinski definition) is 2. The predicted molar refractivity (Wildman–Crippen MR) is 102 cm³/mol. The maximum absolute atomic E-state index is 12.9. The van der Waals surface area contributed by atoms with Crippen molar-refractivity contribution in [3.63, 3.8) is 0 Å². The molecular formula is C20H25N3O5. The van der Waals surface area contributed by atoms with Crippen LogP contribution in [-0.4, -0.2) is 52.8 Å². The maximum Gasteiger partial charge on any atom is 0.306 e. The molecule has 150 valence electrons. The van der Waals surface area contributed by atoms with Gasteiger partial charge in [-0.25, -0.2) is 0 Å². The molecule has 28 heavy (non-hydrogen) atoms. The molecule has 1 aromatic rings. The number of aliphatic carboxylic acids is 1. The lowest BCUT2D eigenvalue weighted by Crippen LogP contribution is -2.47. The van der Waals surface area contributed by atoms with Gasteiger partial charge in [-0.1, -0.05) is 13.0 Å². The van der Waals surface area contributed by atoms with E-state index in [9.17, 15) is 19.2 Å². The smallest absolute Gasteiger partial charge is 0.306 e.